The van der Waals surface area contributed by atoms with Gasteiger partial charge in [-0.1, -0.05) is 18.9 Å². The van der Waals surface area contributed by atoms with Gasteiger partial charge >= 0.3 is 0 Å². The third-order valence-corrected chi connectivity index (χ3v) is 8.55. The molecular weight excluding hydrogens is 462 g/mol. The summed E-state index contributed by atoms with van der Waals surface area (Å²) < 4.78 is 5.44. The number of likely N-dealkylation sites (tertiary alicyclic amines) is 1. The number of methoxy groups -OCH3 is 1. The summed E-state index contributed by atoms with van der Waals surface area (Å²) in [6, 6.07) is 5.68. The topological polar surface area (TPSA) is 161 Å². The lowest BCUT2D eigenvalue weighted by Gasteiger charge is -2.40. The average molecular weight is 496 g/mol. The maximum atomic E-state index is 14.1. The van der Waals surface area contributed by atoms with Crippen LogP contribution in [0.15, 0.2) is 24.3 Å². The van der Waals surface area contributed by atoms with Crippen molar-refractivity contribution in [3.8, 4) is 5.75 Å². The lowest BCUT2D eigenvalue weighted by atomic mass is 9.70. The molecule has 1 aliphatic carbocycles. The Morgan fingerprint density at radius 1 is 1.22 bits per heavy atom. The van der Waals surface area contributed by atoms with Crippen molar-refractivity contribution >= 4 is 34.5 Å². The summed E-state index contributed by atoms with van der Waals surface area (Å²) >= 11 is 0. The molecule has 4 atom stereocenters. The standard InChI is InChI=1S/C26H33N5O5/c1-36-20-6-4-5-17-15(20)12-18(30-17)25(35)31-19(23(28)33)13-26(8-2-3-9-26)21(31)16(22(27)32)11-14-7-10-29-24(14)34/h4-6,12,14,16,19,21,30H,2-3,7-11,13H2,1H3,(H2,27,32)(H2,28,33)(H,29,34)/t14-,16+,19?,21?/m1/s1. The van der Waals surface area contributed by atoms with E-state index in [0.717, 1.165) is 31.1 Å². The maximum absolute atomic E-state index is 14.1. The molecule has 1 aromatic carbocycles. The highest BCUT2D eigenvalue weighted by Gasteiger charge is 2.60. The van der Waals surface area contributed by atoms with Gasteiger partial charge in [-0.2, -0.15) is 0 Å². The Bertz CT molecular complexity index is 1220. The first-order chi connectivity index (χ1) is 17.3. The third kappa shape index (κ3) is 3.88. The van der Waals surface area contributed by atoms with Crippen LogP contribution in [0.2, 0.25) is 0 Å². The number of aromatic amines is 1. The molecule has 5 rings (SSSR count). The molecule has 3 fully saturated rings. The highest BCUT2D eigenvalue weighted by atomic mass is 16.5. The van der Waals surface area contributed by atoms with E-state index in [-0.39, 0.29) is 23.9 Å². The fourth-order valence-corrected chi connectivity index (χ4v) is 6.94. The van der Waals surface area contributed by atoms with Gasteiger partial charge in [0.05, 0.1) is 19.1 Å². The van der Waals surface area contributed by atoms with E-state index in [2.05, 4.69) is 10.3 Å². The molecule has 2 aromatic rings. The molecule has 1 spiro atoms. The predicted molar refractivity (Wildman–Crippen MR) is 132 cm³/mol. The summed E-state index contributed by atoms with van der Waals surface area (Å²) in [5, 5.41) is 3.55. The van der Waals surface area contributed by atoms with Gasteiger partial charge in [-0.3, -0.25) is 19.2 Å². The lowest BCUT2D eigenvalue weighted by molar-refractivity contribution is -0.129. The summed E-state index contributed by atoms with van der Waals surface area (Å²) in [6.45, 7) is 0.550. The fourth-order valence-electron chi connectivity index (χ4n) is 6.94. The normalized spacial score (nSPS) is 25.9. The van der Waals surface area contributed by atoms with Crippen LogP contribution in [0.5, 0.6) is 5.75 Å². The van der Waals surface area contributed by atoms with Crippen LogP contribution in [-0.4, -0.2) is 59.3 Å². The number of carbonyl (C=O) groups excluding carboxylic acids is 4. The first-order valence-corrected chi connectivity index (χ1v) is 12.6. The zero-order valence-corrected chi connectivity index (χ0v) is 20.4. The van der Waals surface area contributed by atoms with Crippen molar-refractivity contribution in [2.45, 2.75) is 57.0 Å². The molecule has 2 unspecified atom stereocenters. The van der Waals surface area contributed by atoms with Crippen LogP contribution < -0.4 is 21.5 Å². The number of aromatic nitrogens is 1. The minimum absolute atomic E-state index is 0.105. The number of primary amides is 2. The van der Waals surface area contributed by atoms with Crippen LogP contribution in [0.1, 0.15) is 55.4 Å². The largest absolute Gasteiger partial charge is 0.496 e. The first-order valence-electron chi connectivity index (χ1n) is 12.6. The Hall–Kier alpha value is -3.56. The Morgan fingerprint density at radius 3 is 2.58 bits per heavy atom. The number of nitrogens with zero attached hydrogens (tertiary/aromatic N) is 1. The van der Waals surface area contributed by atoms with E-state index in [1.807, 2.05) is 12.1 Å². The van der Waals surface area contributed by atoms with E-state index in [0.29, 0.717) is 30.7 Å². The number of hydrogen-bond donors (Lipinski definition) is 4. The van der Waals surface area contributed by atoms with Crippen molar-refractivity contribution in [2.75, 3.05) is 13.7 Å². The summed E-state index contributed by atoms with van der Waals surface area (Å²) in [5.74, 6) is -2.20. The minimum atomic E-state index is -0.867. The van der Waals surface area contributed by atoms with Gasteiger partial charge in [0.2, 0.25) is 17.7 Å². The van der Waals surface area contributed by atoms with Gasteiger partial charge in [0.1, 0.15) is 17.5 Å². The van der Waals surface area contributed by atoms with Crippen molar-refractivity contribution in [1.29, 1.82) is 0 Å². The molecule has 10 nitrogen and oxygen atoms in total. The zero-order chi connectivity index (χ0) is 25.6. The van der Waals surface area contributed by atoms with E-state index in [1.54, 1.807) is 19.2 Å². The van der Waals surface area contributed by atoms with Gasteiger partial charge in [0.25, 0.3) is 5.91 Å². The summed E-state index contributed by atoms with van der Waals surface area (Å²) in [5.41, 5.74) is 12.4. The Kier molecular flexibility index (Phi) is 6.13. The van der Waals surface area contributed by atoms with Crippen LogP contribution in [0.25, 0.3) is 10.9 Å². The van der Waals surface area contributed by atoms with Crippen molar-refractivity contribution in [3.63, 3.8) is 0 Å². The second-order valence-corrected chi connectivity index (χ2v) is 10.5. The molecule has 36 heavy (non-hydrogen) atoms. The molecule has 2 aliphatic heterocycles. The summed E-state index contributed by atoms with van der Waals surface area (Å²) in [6.07, 6.45) is 4.65. The van der Waals surface area contributed by atoms with Gasteiger partial charge in [0, 0.05) is 23.4 Å². The molecule has 192 valence electrons. The van der Waals surface area contributed by atoms with Crippen LogP contribution >= 0.6 is 0 Å². The van der Waals surface area contributed by atoms with E-state index >= 15 is 0 Å². The van der Waals surface area contributed by atoms with E-state index in [4.69, 9.17) is 16.2 Å². The second-order valence-electron chi connectivity index (χ2n) is 10.5. The number of H-pyrrole nitrogens is 1. The van der Waals surface area contributed by atoms with Gasteiger partial charge < -0.3 is 31.4 Å². The Balaban J connectivity index is 1.60. The fraction of sp³-hybridized carbons (Fsp3) is 0.538. The number of hydrogen-bond acceptors (Lipinski definition) is 5. The molecule has 3 heterocycles. The highest BCUT2D eigenvalue weighted by molar-refractivity contribution is 6.02. The average Bonchev–Trinajstić information content (AvgIpc) is 3.63. The van der Waals surface area contributed by atoms with Crippen molar-refractivity contribution < 1.29 is 23.9 Å². The van der Waals surface area contributed by atoms with Crippen molar-refractivity contribution in [3.05, 3.63) is 30.0 Å². The Morgan fingerprint density at radius 2 is 1.97 bits per heavy atom. The molecule has 1 aromatic heterocycles. The van der Waals surface area contributed by atoms with Crippen LogP contribution in [0.3, 0.4) is 0 Å². The maximum Gasteiger partial charge on any atom is 0.271 e. The number of fused-ring (bicyclic) bond motifs is 1. The number of benzene rings is 1. The molecule has 2 saturated heterocycles. The molecule has 1 saturated carbocycles. The molecule has 4 amide bonds. The van der Waals surface area contributed by atoms with Crippen LogP contribution in [0, 0.1) is 17.3 Å². The molecule has 10 heteroatoms. The second kappa shape index (κ2) is 9.15. The van der Waals surface area contributed by atoms with Gasteiger partial charge in [0.15, 0.2) is 0 Å². The monoisotopic (exact) mass is 495 g/mol. The number of ether oxygens (including phenoxy) is 1. The Labute approximate surface area is 209 Å². The van der Waals surface area contributed by atoms with Gasteiger partial charge in [-0.25, -0.2) is 0 Å². The molecule has 3 aliphatic rings. The van der Waals surface area contributed by atoms with E-state index in [9.17, 15) is 19.2 Å². The number of carbonyl (C=O) groups is 4. The summed E-state index contributed by atoms with van der Waals surface area (Å²) in [7, 11) is 1.56. The number of nitrogens with two attached hydrogens (primary N) is 2. The highest BCUT2D eigenvalue weighted by Crippen LogP contribution is 2.55. The van der Waals surface area contributed by atoms with Crippen molar-refractivity contribution in [1.82, 2.24) is 15.2 Å². The quantitative estimate of drug-likeness (QED) is 0.456. The predicted octanol–water partition coefficient (Wildman–Crippen LogP) is 1.43. The van der Waals surface area contributed by atoms with Crippen LogP contribution in [0.4, 0.5) is 0 Å². The lowest BCUT2D eigenvalue weighted by Crippen LogP contribution is -2.54. The number of rotatable bonds is 7. The number of amides is 4. The smallest absolute Gasteiger partial charge is 0.271 e. The van der Waals surface area contributed by atoms with E-state index in [1.165, 1.54) is 4.90 Å². The molecule has 0 radical (unpaired) electrons. The van der Waals surface area contributed by atoms with Crippen molar-refractivity contribution in [2.24, 2.45) is 28.7 Å². The van der Waals surface area contributed by atoms with Crippen LogP contribution in [-0.2, 0) is 14.4 Å². The number of nitrogens with one attached hydrogen (secondary N) is 2. The molecule has 6 N–H and O–H groups in total. The summed E-state index contributed by atoms with van der Waals surface area (Å²) in [4.78, 5) is 56.8. The minimum Gasteiger partial charge on any atom is -0.496 e. The van der Waals surface area contributed by atoms with Gasteiger partial charge in [-0.15, -0.1) is 0 Å². The first kappa shape index (κ1) is 24.1. The third-order valence-electron chi connectivity index (χ3n) is 8.55. The van der Waals surface area contributed by atoms with E-state index < -0.39 is 41.1 Å². The zero-order valence-electron chi connectivity index (χ0n) is 20.4. The molecule has 0 bridgehead atoms. The SMILES string of the molecule is COc1cccc2[nH]c(C(=O)N3C(C(N)=O)CC4(CCCC4)C3[C@H](C[C@H]3CCNC3=O)C(N)=O)cc12. The van der Waals surface area contributed by atoms with Gasteiger partial charge in [-0.05, 0) is 55.7 Å². The molecular formula is C26H33N5O5.